The van der Waals surface area contributed by atoms with E-state index in [4.69, 9.17) is 4.98 Å². The Kier molecular flexibility index (Phi) is 5.05. The summed E-state index contributed by atoms with van der Waals surface area (Å²) < 4.78 is 16.1. The second-order valence-electron chi connectivity index (χ2n) is 10.3. The van der Waals surface area contributed by atoms with Crippen molar-refractivity contribution in [3.05, 3.63) is 61.2 Å². The van der Waals surface area contributed by atoms with Gasteiger partial charge in [-0.25, -0.2) is 19.3 Å². The Labute approximate surface area is 211 Å². The summed E-state index contributed by atoms with van der Waals surface area (Å²) in [5.41, 5.74) is 3.80. The first-order valence-electron chi connectivity index (χ1n) is 12.7. The topological polar surface area (TPSA) is 110 Å². The molecule has 186 valence electrons. The van der Waals surface area contributed by atoms with Gasteiger partial charge < -0.3 is 14.7 Å². The van der Waals surface area contributed by atoms with Crippen LogP contribution in [0, 0.1) is 23.6 Å². The van der Waals surface area contributed by atoms with Gasteiger partial charge in [-0.2, -0.15) is 0 Å². The lowest BCUT2D eigenvalue weighted by Gasteiger charge is -2.44. The van der Waals surface area contributed by atoms with Crippen molar-refractivity contribution in [1.82, 2.24) is 29.5 Å². The number of pyridine rings is 2. The van der Waals surface area contributed by atoms with Gasteiger partial charge in [0, 0.05) is 58.9 Å². The van der Waals surface area contributed by atoms with Crippen LogP contribution in [0.25, 0.3) is 44.6 Å². The molecule has 2 unspecified atom stereocenters. The first-order valence-corrected chi connectivity index (χ1v) is 12.7. The molecule has 2 bridgehead atoms. The number of aromatic nitrogens is 6. The van der Waals surface area contributed by atoms with Crippen molar-refractivity contribution in [2.75, 3.05) is 0 Å². The molecule has 5 heterocycles. The van der Waals surface area contributed by atoms with Crippen LogP contribution in [0.4, 0.5) is 4.39 Å². The van der Waals surface area contributed by atoms with Gasteiger partial charge in [0.15, 0.2) is 5.82 Å². The van der Waals surface area contributed by atoms with Crippen LogP contribution < -0.4 is 0 Å². The second kappa shape index (κ2) is 8.47. The van der Waals surface area contributed by atoms with E-state index in [-0.39, 0.29) is 12.0 Å². The molecule has 5 aromatic heterocycles. The first kappa shape index (κ1) is 22.1. The number of fused-ring (bicyclic) bond motifs is 4. The van der Waals surface area contributed by atoms with E-state index in [2.05, 4.69) is 24.5 Å². The molecule has 2 saturated carbocycles. The van der Waals surface area contributed by atoms with Crippen molar-refractivity contribution in [2.24, 2.45) is 17.8 Å². The Morgan fingerprint density at radius 2 is 1.95 bits per heavy atom. The van der Waals surface area contributed by atoms with E-state index in [1.165, 1.54) is 12.3 Å². The maximum Gasteiger partial charge on any atom is 0.308 e. The number of aromatic amines is 1. The van der Waals surface area contributed by atoms with Crippen molar-refractivity contribution < 1.29 is 14.3 Å². The van der Waals surface area contributed by atoms with Gasteiger partial charge in [-0.1, -0.05) is 12.8 Å². The van der Waals surface area contributed by atoms with Crippen LogP contribution in [0.2, 0.25) is 0 Å². The number of rotatable bonds is 4. The maximum absolute atomic E-state index is 14.0. The number of nitrogens with zero attached hydrogens (tertiary/aromatic N) is 5. The van der Waals surface area contributed by atoms with E-state index in [9.17, 15) is 14.3 Å². The zero-order chi connectivity index (χ0) is 25.1. The summed E-state index contributed by atoms with van der Waals surface area (Å²) in [5.74, 6) is -0.520. The first-order chi connectivity index (χ1) is 18.1. The molecule has 0 aromatic carbocycles. The number of carboxylic acid groups (broad SMARTS) is 1. The molecule has 7 rings (SSSR count). The normalized spacial score (nSPS) is 23.5. The van der Waals surface area contributed by atoms with Gasteiger partial charge in [-0.3, -0.25) is 9.78 Å². The quantitative estimate of drug-likeness (QED) is 0.334. The van der Waals surface area contributed by atoms with Gasteiger partial charge in [-0.05, 0) is 54.9 Å². The van der Waals surface area contributed by atoms with Crippen molar-refractivity contribution in [1.29, 1.82) is 0 Å². The predicted molar refractivity (Wildman–Crippen MR) is 136 cm³/mol. The molecule has 4 atom stereocenters. The summed E-state index contributed by atoms with van der Waals surface area (Å²) in [5, 5.41) is 11.8. The smallest absolute Gasteiger partial charge is 0.308 e. The Morgan fingerprint density at radius 3 is 2.78 bits per heavy atom. The summed E-state index contributed by atoms with van der Waals surface area (Å²) in [6, 6.07) is 5.09. The number of halogens is 1. The number of carbonyl (C=O) groups is 1. The van der Waals surface area contributed by atoms with Crippen LogP contribution in [0.3, 0.4) is 0 Å². The Hall–Kier alpha value is -4.14. The Balaban J connectivity index is 1.44. The molecule has 2 N–H and O–H groups in total. The molecular weight excluding hydrogens is 471 g/mol. The highest BCUT2D eigenvalue weighted by Gasteiger charge is 2.45. The third-order valence-electron chi connectivity index (χ3n) is 8.26. The molecular formula is C28H25FN6O2. The lowest BCUT2D eigenvalue weighted by molar-refractivity contribution is -0.148. The van der Waals surface area contributed by atoms with Gasteiger partial charge in [0.05, 0.1) is 12.1 Å². The number of hydrogen-bond donors (Lipinski definition) is 2. The second-order valence-corrected chi connectivity index (χ2v) is 10.3. The van der Waals surface area contributed by atoms with E-state index in [1.807, 2.05) is 18.3 Å². The Morgan fingerprint density at radius 1 is 1.08 bits per heavy atom. The third-order valence-corrected chi connectivity index (χ3v) is 8.26. The predicted octanol–water partition coefficient (Wildman–Crippen LogP) is 5.63. The molecule has 0 aliphatic heterocycles. The molecule has 9 heteroatoms. The molecule has 2 fully saturated rings. The van der Waals surface area contributed by atoms with E-state index in [1.54, 1.807) is 24.8 Å². The molecule has 2 aliphatic rings. The zero-order valence-corrected chi connectivity index (χ0v) is 20.0. The van der Waals surface area contributed by atoms with Gasteiger partial charge in [-0.15, -0.1) is 0 Å². The summed E-state index contributed by atoms with van der Waals surface area (Å²) in [6.45, 7) is 0. The fraction of sp³-hybridized carbons (Fsp3) is 0.321. The number of aliphatic carboxylic acids is 1. The van der Waals surface area contributed by atoms with Crippen LogP contribution in [-0.2, 0) is 4.79 Å². The fourth-order valence-corrected chi connectivity index (χ4v) is 6.66. The van der Waals surface area contributed by atoms with E-state index >= 15 is 0 Å². The standard InChI is InChI=1S/C28H25FN6O2/c29-18-10-19-20(12-32-25(19)31-11-18)26-33-13-21-22(16-4-6-30-7-5-16)14-35(27(21)34-26)23-9-15-2-1-3-17(8-15)24(23)28(36)37/h4-7,10-15,17,23-24H,1-3,8-9H2,(H,31,32)(H,36,37)/t15?,17?,23-,24-/m1/s1. The van der Waals surface area contributed by atoms with Gasteiger partial charge in [0.25, 0.3) is 0 Å². The van der Waals surface area contributed by atoms with Crippen molar-refractivity contribution in [2.45, 2.75) is 38.1 Å². The number of nitrogens with one attached hydrogen (secondary N) is 1. The average molecular weight is 497 g/mol. The Bertz CT molecular complexity index is 1650. The number of carboxylic acids is 1. The minimum atomic E-state index is -0.741. The number of H-pyrrole nitrogens is 1. The van der Waals surface area contributed by atoms with E-state index in [0.29, 0.717) is 34.0 Å². The zero-order valence-electron chi connectivity index (χ0n) is 20.0. The van der Waals surface area contributed by atoms with E-state index < -0.39 is 17.7 Å². The largest absolute Gasteiger partial charge is 0.481 e. The average Bonchev–Trinajstić information content (AvgIpc) is 3.50. The summed E-state index contributed by atoms with van der Waals surface area (Å²) >= 11 is 0. The van der Waals surface area contributed by atoms with Crippen LogP contribution in [-0.4, -0.2) is 40.6 Å². The molecule has 0 spiro atoms. The van der Waals surface area contributed by atoms with Gasteiger partial charge >= 0.3 is 5.97 Å². The third kappa shape index (κ3) is 3.60. The minimum Gasteiger partial charge on any atom is -0.481 e. The summed E-state index contributed by atoms with van der Waals surface area (Å²) in [4.78, 5) is 33.6. The van der Waals surface area contributed by atoms with Crippen molar-refractivity contribution in [3.8, 4) is 22.5 Å². The highest BCUT2D eigenvalue weighted by atomic mass is 19.1. The van der Waals surface area contributed by atoms with Crippen LogP contribution in [0.5, 0.6) is 0 Å². The molecule has 37 heavy (non-hydrogen) atoms. The van der Waals surface area contributed by atoms with E-state index in [0.717, 1.165) is 48.6 Å². The van der Waals surface area contributed by atoms with Crippen molar-refractivity contribution in [3.63, 3.8) is 0 Å². The van der Waals surface area contributed by atoms with Crippen molar-refractivity contribution >= 4 is 28.0 Å². The van der Waals surface area contributed by atoms with Crippen LogP contribution in [0.15, 0.2) is 55.4 Å². The lowest BCUT2D eigenvalue weighted by atomic mass is 9.64. The van der Waals surface area contributed by atoms with Crippen LogP contribution in [0.1, 0.15) is 38.1 Å². The maximum atomic E-state index is 14.0. The number of hydrogen-bond acceptors (Lipinski definition) is 5. The monoisotopic (exact) mass is 496 g/mol. The van der Waals surface area contributed by atoms with Gasteiger partial charge in [0.2, 0.25) is 0 Å². The molecule has 0 saturated heterocycles. The highest BCUT2D eigenvalue weighted by Crippen LogP contribution is 2.49. The summed E-state index contributed by atoms with van der Waals surface area (Å²) in [7, 11) is 0. The minimum absolute atomic E-state index is 0.167. The SMILES string of the molecule is O=C(O)[C@@H]1C2CCCC(C2)C[C@H]1n1cc(-c2ccncc2)c2cnc(-c3c[nH]c4ncc(F)cc34)nc21. The summed E-state index contributed by atoms with van der Waals surface area (Å²) in [6.07, 6.45) is 15.2. The molecule has 0 amide bonds. The van der Waals surface area contributed by atoms with Gasteiger partial charge in [0.1, 0.15) is 17.1 Å². The lowest BCUT2D eigenvalue weighted by Crippen LogP contribution is -2.41. The highest BCUT2D eigenvalue weighted by molar-refractivity contribution is 5.96. The molecule has 5 aromatic rings. The van der Waals surface area contributed by atoms with Crippen LogP contribution >= 0.6 is 0 Å². The fourth-order valence-electron chi connectivity index (χ4n) is 6.66. The molecule has 2 aliphatic carbocycles. The molecule has 0 radical (unpaired) electrons. The molecule has 8 nitrogen and oxygen atoms in total.